The quantitative estimate of drug-likeness (QED) is 0.474. The molecule has 1 amide bonds. The normalized spacial score (nSPS) is 14.1. The monoisotopic (exact) mass is 502 g/mol. The molecule has 2 aromatic carbocycles. The summed E-state index contributed by atoms with van der Waals surface area (Å²) in [6.07, 6.45) is -0.448. The van der Waals surface area contributed by atoms with Crippen molar-refractivity contribution >= 4 is 11.8 Å². The van der Waals surface area contributed by atoms with Crippen LogP contribution >= 0.6 is 0 Å². The Labute approximate surface area is 205 Å². The maximum absolute atomic E-state index is 13.7. The van der Waals surface area contributed by atoms with Crippen LogP contribution < -0.4 is 10.5 Å². The molecule has 0 unspecified atom stereocenters. The first-order chi connectivity index (χ1) is 17.3. The lowest BCUT2D eigenvalue weighted by atomic mass is 10.1. The molecule has 0 saturated carbocycles. The van der Waals surface area contributed by atoms with Crippen LogP contribution in [0, 0.1) is 17.5 Å². The van der Waals surface area contributed by atoms with Crippen LogP contribution in [0.25, 0.3) is 11.3 Å². The van der Waals surface area contributed by atoms with E-state index in [4.69, 9.17) is 4.74 Å². The highest BCUT2D eigenvalue weighted by molar-refractivity contribution is 5.86. The molecule has 3 aromatic rings. The predicted molar refractivity (Wildman–Crippen MR) is 127 cm³/mol. The number of carboxylic acid groups (broad SMARTS) is 1. The molecule has 36 heavy (non-hydrogen) atoms. The van der Waals surface area contributed by atoms with Crippen molar-refractivity contribution in [2.45, 2.75) is 13.0 Å². The van der Waals surface area contributed by atoms with Gasteiger partial charge in [0.05, 0.1) is 25.5 Å². The smallest absolute Gasteiger partial charge is 0.411 e. The van der Waals surface area contributed by atoms with Crippen molar-refractivity contribution in [3.8, 4) is 11.3 Å². The van der Waals surface area contributed by atoms with E-state index >= 15 is 0 Å². The topological polar surface area (TPSA) is 87.9 Å². The number of benzene rings is 2. The summed E-state index contributed by atoms with van der Waals surface area (Å²) < 4.78 is 47.1. The van der Waals surface area contributed by atoms with E-state index in [9.17, 15) is 27.9 Å². The molecular weight excluding hydrogens is 477 g/mol. The van der Waals surface area contributed by atoms with Gasteiger partial charge in [-0.25, -0.2) is 22.6 Å². The Hall–Kier alpha value is -3.70. The SMILES string of the molecule is O=C(O)N(CCCN1CCOCC1)c1cccc(Cn2nc(-c3cc(F)c(F)c(F)c3)ccc2=O)c1. The molecule has 4 rings (SSSR count). The number of nitrogens with zero attached hydrogens (tertiary/aromatic N) is 4. The van der Waals surface area contributed by atoms with Gasteiger partial charge in [-0.3, -0.25) is 14.6 Å². The Morgan fingerprint density at radius 2 is 1.78 bits per heavy atom. The predicted octanol–water partition coefficient (Wildman–Crippen LogP) is 3.58. The molecule has 11 heteroatoms. The number of anilines is 1. The third-order valence-electron chi connectivity index (χ3n) is 5.89. The van der Waals surface area contributed by atoms with Crippen LogP contribution in [0.2, 0.25) is 0 Å². The summed E-state index contributed by atoms with van der Waals surface area (Å²) in [7, 11) is 0. The third-order valence-corrected chi connectivity index (χ3v) is 5.89. The van der Waals surface area contributed by atoms with Crippen LogP contribution in [0.3, 0.4) is 0 Å². The molecule has 0 bridgehead atoms. The van der Waals surface area contributed by atoms with Crippen molar-refractivity contribution in [3.05, 3.63) is 81.9 Å². The maximum atomic E-state index is 13.7. The second kappa shape index (κ2) is 11.4. The largest absolute Gasteiger partial charge is 0.465 e. The molecular formula is C25H25F3N4O4. The Morgan fingerprint density at radius 3 is 2.47 bits per heavy atom. The van der Waals surface area contributed by atoms with Gasteiger partial charge in [-0.2, -0.15) is 5.10 Å². The molecule has 1 aliphatic heterocycles. The van der Waals surface area contributed by atoms with Crippen LogP contribution in [-0.4, -0.2) is 65.3 Å². The molecule has 1 aromatic heterocycles. The zero-order valence-electron chi connectivity index (χ0n) is 19.4. The summed E-state index contributed by atoms with van der Waals surface area (Å²) in [4.78, 5) is 27.8. The molecule has 0 spiro atoms. The maximum Gasteiger partial charge on any atom is 0.411 e. The van der Waals surface area contributed by atoms with Crippen molar-refractivity contribution in [1.29, 1.82) is 0 Å². The highest BCUT2D eigenvalue weighted by Gasteiger charge is 2.17. The first-order valence-electron chi connectivity index (χ1n) is 11.4. The number of halogens is 3. The molecule has 0 atom stereocenters. The lowest BCUT2D eigenvalue weighted by Gasteiger charge is -2.27. The van der Waals surface area contributed by atoms with Gasteiger partial charge in [0.25, 0.3) is 5.56 Å². The molecule has 0 aliphatic carbocycles. The van der Waals surface area contributed by atoms with Crippen molar-refractivity contribution < 1.29 is 27.8 Å². The molecule has 0 radical (unpaired) electrons. The van der Waals surface area contributed by atoms with Gasteiger partial charge in [-0.1, -0.05) is 12.1 Å². The number of hydrogen-bond acceptors (Lipinski definition) is 5. The number of rotatable bonds is 8. The number of morpholine rings is 1. The van der Waals surface area contributed by atoms with Crippen molar-refractivity contribution in [1.82, 2.24) is 14.7 Å². The summed E-state index contributed by atoms with van der Waals surface area (Å²) in [6.45, 7) is 4.03. The minimum absolute atomic E-state index is 0.00604. The fourth-order valence-electron chi connectivity index (χ4n) is 4.03. The Bertz CT molecular complexity index is 1270. The number of ether oxygens (including phenoxy) is 1. The zero-order valence-corrected chi connectivity index (χ0v) is 19.4. The van der Waals surface area contributed by atoms with Gasteiger partial charge in [-0.15, -0.1) is 0 Å². The van der Waals surface area contributed by atoms with Gasteiger partial charge in [0.15, 0.2) is 17.5 Å². The molecule has 8 nitrogen and oxygen atoms in total. The average molecular weight is 502 g/mol. The molecule has 1 aliphatic rings. The minimum atomic E-state index is -1.59. The van der Waals surface area contributed by atoms with E-state index in [1.807, 2.05) is 0 Å². The van der Waals surface area contributed by atoms with Gasteiger partial charge >= 0.3 is 6.09 Å². The summed E-state index contributed by atoms with van der Waals surface area (Å²) in [5, 5.41) is 13.9. The summed E-state index contributed by atoms with van der Waals surface area (Å²) in [5.41, 5.74) is 0.655. The summed E-state index contributed by atoms with van der Waals surface area (Å²) >= 11 is 0. The standard InChI is InChI=1S/C25H25F3N4O4/c26-20-14-18(15-21(27)24(20)28)22-5-6-23(33)32(29-22)16-17-3-1-4-19(13-17)31(25(34)35)8-2-7-30-9-11-36-12-10-30/h1,3-6,13-15H,2,7-12,16H2,(H,34,35). The van der Waals surface area contributed by atoms with Gasteiger partial charge in [0.1, 0.15) is 0 Å². The van der Waals surface area contributed by atoms with Gasteiger partial charge in [-0.05, 0) is 42.3 Å². The average Bonchev–Trinajstić information content (AvgIpc) is 2.87. The van der Waals surface area contributed by atoms with Gasteiger partial charge in [0, 0.05) is 43.5 Å². The highest BCUT2D eigenvalue weighted by atomic mass is 19.2. The first-order valence-corrected chi connectivity index (χ1v) is 11.4. The van der Waals surface area contributed by atoms with E-state index in [0.29, 0.717) is 37.4 Å². The van der Waals surface area contributed by atoms with Crippen LogP contribution in [-0.2, 0) is 11.3 Å². The summed E-state index contributed by atoms with van der Waals surface area (Å²) in [6, 6.07) is 10.8. The second-order valence-electron chi connectivity index (χ2n) is 8.38. The number of carbonyl (C=O) groups is 1. The van der Waals surface area contributed by atoms with Crippen LogP contribution in [0.1, 0.15) is 12.0 Å². The Balaban J connectivity index is 1.51. The van der Waals surface area contributed by atoms with E-state index in [1.54, 1.807) is 24.3 Å². The molecule has 1 N–H and O–H groups in total. The van der Waals surface area contributed by atoms with Crippen molar-refractivity contribution in [2.24, 2.45) is 0 Å². The molecule has 2 heterocycles. The summed E-state index contributed by atoms with van der Waals surface area (Å²) in [5.74, 6) is -4.31. The van der Waals surface area contributed by atoms with Crippen molar-refractivity contribution in [2.75, 3.05) is 44.3 Å². The fraction of sp³-hybridized carbons (Fsp3) is 0.320. The zero-order chi connectivity index (χ0) is 25.7. The van der Waals surface area contributed by atoms with Gasteiger partial charge < -0.3 is 9.84 Å². The number of amides is 1. The van der Waals surface area contributed by atoms with Crippen LogP contribution in [0.15, 0.2) is 53.3 Å². The highest BCUT2D eigenvalue weighted by Crippen LogP contribution is 2.22. The third kappa shape index (κ3) is 6.10. The van der Waals surface area contributed by atoms with Crippen LogP contribution in [0.4, 0.5) is 23.7 Å². The van der Waals surface area contributed by atoms with Crippen LogP contribution in [0.5, 0.6) is 0 Å². The number of aromatic nitrogens is 2. The Morgan fingerprint density at radius 1 is 1.06 bits per heavy atom. The first kappa shape index (κ1) is 25.4. The molecule has 190 valence electrons. The fourth-order valence-corrected chi connectivity index (χ4v) is 4.03. The van der Waals surface area contributed by atoms with Crippen molar-refractivity contribution in [3.63, 3.8) is 0 Å². The Kier molecular flexibility index (Phi) is 8.01. The number of hydrogen-bond donors (Lipinski definition) is 1. The molecule has 1 saturated heterocycles. The van der Waals surface area contributed by atoms with E-state index in [0.717, 1.165) is 36.4 Å². The van der Waals surface area contributed by atoms with E-state index in [1.165, 1.54) is 17.0 Å². The van der Waals surface area contributed by atoms with E-state index in [2.05, 4.69) is 10.00 Å². The lowest BCUT2D eigenvalue weighted by Crippen LogP contribution is -2.39. The van der Waals surface area contributed by atoms with E-state index < -0.39 is 29.1 Å². The minimum Gasteiger partial charge on any atom is -0.465 e. The van der Waals surface area contributed by atoms with E-state index in [-0.39, 0.29) is 17.8 Å². The second-order valence-corrected chi connectivity index (χ2v) is 8.38. The molecule has 1 fully saturated rings. The lowest BCUT2D eigenvalue weighted by molar-refractivity contribution is 0.0376. The van der Waals surface area contributed by atoms with Gasteiger partial charge in [0.2, 0.25) is 0 Å².